The van der Waals surface area contributed by atoms with Crippen LogP contribution in [0.5, 0.6) is 0 Å². The first kappa shape index (κ1) is 17.8. The second kappa shape index (κ2) is 7.99. The van der Waals surface area contributed by atoms with E-state index in [0.29, 0.717) is 6.04 Å². The lowest BCUT2D eigenvalue weighted by Crippen LogP contribution is -2.20. The minimum Gasteiger partial charge on any atom is -0.461 e. The second-order valence-corrected chi connectivity index (χ2v) is 7.77. The minimum atomic E-state index is 0.348. The van der Waals surface area contributed by atoms with Crippen molar-refractivity contribution in [1.82, 2.24) is 5.32 Å². The number of rotatable bonds is 7. The van der Waals surface area contributed by atoms with E-state index in [4.69, 9.17) is 10.2 Å². The molecule has 138 valence electrons. The Kier molecular flexibility index (Phi) is 5.28. The largest absolute Gasteiger partial charge is 0.461 e. The number of hydrogen-bond donors (Lipinski definition) is 2. The van der Waals surface area contributed by atoms with Gasteiger partial charge in [-0.15, -0.1) is 11.3 Å². The van der Waals surface area contributed by atoms with Crippen molar-refractivity contribution < 1.29 is 4.42 Å². The van der Waals surface area contributed by atoms with Crippen molar-refractivity contribution in [3.63, 3.8) is 0 Å². The number of nitrogens with one attached hydrogen (secondary N) is 1. The van der Waals surface area contributed by atoms with Crippen LogP contribution in [0.4, 0.5) is 5.69 Å². The van der Waals surface area contributed by atoms with Gasteiger partial charge in [0.25, 0.3) is 0 Å². The average Bonchev–Trinajstić information content (AvgIpc) is 3.32. The Hall–Kier alpha value is -2.56. The molecule has 0 radical (unpaired) electrons. The van der Waals surface area contributed by atoms with Crippen LogP contribution in [0, 0.1) is 0 Å². The molecular formula is C23H24N2OS. The zero-order chi connectivity index (χ0) is 18.6. The van der Waals surface area contributed by atoms with E-state index in [9.17, 15) is 0 Å². The number of furan rings is 1. The van der Waals surface area contributed by atoms with Gasteiger partial charge in [-0.05, 0) is 66.6 Å². The molecule has 0 aliphatic heterocycles. The molecule has 0 saturated heterocycles. The lowest BCUT2D eigenvalue weighted by molar-refractivity contribution is 0.496. The molecule has 4 aromatic rings. The first-order valence-corrected chi connectivity index (χ1v) is 10.2. The van der Waals surface area contributed by atoms with Gasteiger partial charge in [0.15, 0.2) is 0 Å². The summed E-state index contributed by atoms with van der Waals surface area (Å²) in [5.74, 6) is 1.89. The fraction of sp³-hybridized carbons (Fsp3) is 0.217. The fourth-order valence-corrected chi connectivity index (χ4v) is 4.44. The van der Waals surface area contributed by atoms with Gasteiger partial charge in [0, 0.05) is 28.4 Å². The Labute approximate surface area is 163 Å². The molecule has 0 saturated carbocycles. The molecule has 1 atom stereocenters. The molecule has 1 unspecified atom stereocenters. The summed E-state index contributed by atoms with van der Waals surface area (Å²) in [5.41, 5.74) is 9.02. The lowest BCUT2D eigenvalue weighted by Gasteiger charge is -2.13. The number of hydrogen-bond acceptors (Lipinski definition) is 4. The first-order valence-electron chi connectivity index (χ1n) is 9.35. The molecule has 2 aromatic heterocycles. The summed E-state index contributed by atoms with van der Waals surface area (Å²) in [6, 6.07) is 20.8. The van der Waals surface area contributed by atoms with Crippen LogP contribution in [-0.4, -0.2) is 6.54 Å². The highest BCUT2D eigenvalue weighted by molar-refractivity contribution is 7.17. The predicted molar refractivity (Wildman–Crippen MR) is 115 cm³/mol. The number of fused-ring (bicyclic) bond motifs is 1. The number of nitrogen functional groups attached to an aromatic ring is 1. The maximum atomic E-state index is 5.98. The molecule has 4 rings (SSSR count). The van der Waals surface area contributed by atoms with Gasteiger partial charge in [0.05, 0.1) is 0 Å². The van der Waals surface area contributed by atoms with Crippen molar-refractivity contribution >= 4 is 27.1 Å². The van der Waals surface area contributed by atoms with Crippen LogP contribution < -0.4 is 11.1 Å². The number of aryl methyl sites for hydroxylation is 1. The number of anilines is 1. The third-order valence-corrected chi connectivity index (χ3v) is 5.84. The average molecular weight is 377 g/mol. The minimum absolute atomic E-state index is 0.348. The quantitative estimate of drug-likeness (QED) is 0.306. The van der Waals surface area contributed by atoms with Crippen LogP contribution in [0.2, 0.25) is 0 Å². The smallest absolute Gasteiger partial charge is 0.134 e. The van der Waals surface area contributed by atoms with Gasteiger partial charge in [-0.25, -0.2) is 0 Å². The highest BCUT2D eigenvalue weighted by atomic mass is 32.1. The van der Waals surface area contributed by atoms with E-state index in [1.54, 1.807) is 0 Å². The van der Waals surface area contributed by atoms with E-state index in [0.717, 1.165) is 42.2 Å². The molecule has 3 nitrogen and oxygen atoms in total. The van der Waals surface area contributed by atoms with E-state index in [1.165, 1.54) is 15.6 Å². The van der Waals surface area contributed by atoms with Crippen molar-refractivity contribution in [2.75, 3.05) is 12.3 Å². The summed E-state index contributed by atoms with van der Waals surface area (Å²) in [4.78, 5) is 0. The highest BCUT2D eigenvalue weighted by Gasteiger charge is 2.11. The van der Waals surface area contributed by atoms with E-state index < -0.39 is 0 Å². The molecule has 0 spiro atoms. The third-order valence-electron chi connectivity index (χ3n) is 4.86. The highest BCUT2D eigenvalue weighted by Crippen LogP contribution is 2.30. The van der Waals surface area contributed by atoms with Crippen molar-refractivity contribution in [2.45, 2.75) is 25.8 Å². The van der Waals surface area contributed by atoms with Crippen LogP contribution in [0.1, 0.15) is 30.7 Å². The van der Waals surface area contributed by atoms with Crippen LogP contribution in [0.25, 0.3) is 21.4 Å². The molecule has 2 heterocycles. The summed E-state index contributed by atoms with van der Waals surface area (Å²) in [6.07, 6.45) is 1.96. The van der Waals surface area contributed by atoms with Crippen molar-refractivity contribution in [1.29, 1.82) is 0 Å². The Morgan fingerprint density at radius 1 is 1.07 bits per heavy atom. The van der Waals surface area contributed by atoms with Gasteiger partial charge in [0.2, 0.25) is 0 Å². The molecule has 0 amide bonds. The summed E-state index contributed by atoms with van der Waals surface area (Å²) in [7, 11) is 0. The SMILES string of the molecule is CC(NCCCc1ccc(-c2cccc(N)c2)o1)c1csc2ccccc12. The molecule has 3 N–H and O–H groups in total. The summed E-state index contributed by atoms with van der Waals surface area (Å²) in [6.45, 7) is 3.19. The van der Waals surface area contributed by atoms with Crippen molar-refractivity contribution in [3.8, 4) is 11.3 Å². The van der Waals surface area contributed by atoms with Crippen molar-refractivity contribution in [2.24, 2.45) is 0 Å². The second-order valence-electron chi connectivity index (χ2n) is 6.86. The topological polar surface area (TPSA) is 51.2 Å². The van der Waals surface area contributed by atoms with Crippen LogP contribution in [-0.2, 0) is 6.42 Å². The van der Waals surface area contributed by atoms with Crippen molar-refractivity contribution in [3.05, 3.63) is 77.4 Å². The predicted octanol–water partition coefficient (Wildman–Crippen LogP) is 6.03. The summed E-state index contributed by atoms with van der Waals surface area (Å²) in [5, 5.41) is 7.27. The molecule has 2 aromatic carbocycles. The lowest BCUT2D eigenvalue weighted by atomic mass is 10.1. The van der Waals surface area contributed by atoms with Crippen LogP contribution in [0.3, 0.4) is 0 Å². The monoisotopic (exact) mass is 376 g/mol. The number of benzene rings is 2. The van der Waals surface area contributed by atoms with E-state index in [-0.39, 0.29) is 0 Å². The third kappa shape index (κ3) is 4.07. The van der Waals surface area contributed by atoms with E-state index in [2.05, 4.69) is 48.0 Å². The van der Waals surface area contributed by atoms with Gasteiger partial charge in [0.1, 0.15) is 11.5 Å². The number of nitrogens with two attached hydrogens (primary N) is 1. The Bertz CT molecular complexity index is 1030. The van der Waals surface area contributed by atoms with E-state index >= 15 is 0 Å². The van der Waals surface area contributed by atoms with E-state index in [1.807, 2.05) is 41.7 Å². The fourth-order valence-electron chi connectivity index (χ4n) is 3.38. The maximum Gasteiger partial charge on any atom is 0.134 e. The maximum absolute atomic E-state index is 5.98. The Morgan fingerprint density at radius 2 is 1.96 bits per heavy atom. The zero-order valence-corrected chi connectivity index (χ0v) is 16.3. The first-order chi connectivity index (χ1) is 13.2. The Balaban J connectivity index is 1.30. The normalized spacial score (nSPS) is 12.5. The van der Waals surface area contributed by atoms with Gasteiger partial charge in [-0.2, -0.15) is 0 Å². The van der Waals surface area contributed by atoms with Crippen LogP contribution in [0.15, 0.2) is 70.5 Å². The molecule has 0 aliphatic carbocycles. The molecule has 0 fully saturated rings. The molecule has 27 heavy (non-hydrogen) atoms. The molecular weight excluding hydrogens is 352 g/mol. The molecule has 0 bridgehead atoms. The standard InChI is InChI=1S/C23H24N2OS/c1-16(21-15-27-23-10-3-2-9-20(21)23)25-13-5-8-19-11-12-22(26-19)17-6-4-7-18(24)14-17/h2-4,6-7,9-12,14-16,25H,5,8,13,24H2,1H3. The Morgan fingerprint density at radius 3 is 2.85 bits per heavy atom. The summed E-state index contributed by atoms with van der Waals surface area (Å²) < 4.78 is 7.33. The van der Waals surface area contributed by atoms with Gasteiger partial charge in [-0.1, -0.05) is 30.3 Å². The zero-order valence-electron chi connectivity index (χ0n) is 15.4. The van der Waals surface area contributed by atoms with Gasteiger partial charge in [-0.3, -0.25) is 0 Å². The molecule has 4 heteroatoms. The van der Waals surface area contributed by atoms with Gasteiger partial charge >= 0.3 is 0 Å². The molecule has 0 aliphatic rings. The van der Waals surface area contributed by atoms with Gasteiger partial charge < -0.3 is 15.5 Å². The number of thiophene rings is 1. The summed E-state index contributed by atoms with van der Waals surface area (Å²) >= 11 is 1.82. The van der Waals surface area contributed by atoms with Crippen LogP contribution >= 0.6 is 11.3 Å².